The fourth-order valence-corrected chi connectivity index (χ4v) is 2.89. The highest BCUT2D eigenvalue weighted by Crippen LogP contribution is 2.25. The van der Waals surface area contributed by atoms with Gasteiger partial charge in [0, 0.05) is 17.9 Å². The number of hydrogen-bond acceptors (Lipinski definition) is 6. The van der Waals surface area contributed by atoms with Crippen LogP contribution in [0.2, 0.25) is 0 Å². The fraction of sp³-hybridized carbons (Fsp3) is 0.615. The van der Waals surface area contributed by atoms with Gasteiger partial charge in [-0.25, -0.2) is 4.98 Å². The molecule has 0 bridgehead atoms. The molecule has 1 fully saturated rings. The van der Waals surface area contributed by atoms with E-state index in [1.54, 1.807) is 11.3 Å². The Hall–Kier alpha value is -1.27. The van der Waals surface area contributed by atoms with Gasteiger partial charge < -0.3 is 9.15 Å². The second kappa shape index (κ2) is 5.38. The molecule has 2 aromatic heterocycles. The molecule has 0 saturated carbocycles. The van der Waals surface area contributed by atoms with Crippen molar-refractivity contribution in [2.45, 2.75) is 38.5 Å². The summed E-state index contributed by atoms with van der Waals surface area (Å²) in [5.41, 5.74) is 1.01. The maximum Gasteiger partial charge on any atom is 0.222 e. The smallest absolute Gasteiger partial charge is 0.222 e. The average molecular weight is 279 g/mol. The molecular formula is C13H17N3O2S. The molecule has 0 unspecified atom stereocenters. The van der Waals surface area contributed by atoms with E-state index in [0.717, 1.165) is 23.7 Å². The molecule has 2 aromatic rings. The average Bonchev–Trinajstić information content (AvgIpc) is 3.09. The molecule has 3 heterocycles. The van der Waals surface area contributed by atoms with E-state index >= 15 is 0 Å². The molecule has 0 N–H and O–H groups in total. The zero-order valence-electron chi connectivity index (χ0n) is 11.1. The zero-order valence-corrected chi connectivity index (χ0v) is 11.9. The Kier molecular flexibility index (Phi) is 3.61. The van der Waals surface area contributed by atoms with Gasteiger partial charge >= 0.3 is 0 Å². The second-order valence-corrected chi connectivity index (χ2v) is 5.99. The van der Waals surface area contributed by atoms with Crippen molar-refractivity contribution in [2.24, 2.45) is 0 Å². The Labute approximate surface area is 116 Å². The van der Waals surface area contributed by atoms with Crippen molar-refractivity contribution in [3.8, 4) is 0 Å². The minimum atomic E-state index is 0.267. The van der Waals surface area contributed by atoms with Gasteiger partial charge in [0.25, 0.3) is 0 Å². The van der Waals surface area contributed by atoms with E-state index in [-0.39, 0.29) is 5.92 Å². The highest BCUT2D eigenvalue weighted by Gasteiger charge is 2.23. The molecule has 0 spiro atoms. The second-order valence-electron chi connectivity index (χ2n) is 5.10. The summed E-state index contributed by atoms with van der Waals surface area (Å²) >= 11 is 1.69. The van der Waals surface area contributed by atoms with Crippen molar-refractivity contribution in [1.29, 1.82) is 0 Å². The molecule has 1 aliphatic heterocycles. The Bertz CT molecular complexity index is 544. The van der Waals surface area contributed by atoms with Crippen LogP contribution < -0.4 is 0 Å². The molecule has 19 heavy (non-hydrogen) atoms. The minimum Gasteiger partial charge on any atom is -0.424 e. The third-order valence-corrected chi connectivity index (χ3v) is 4.35. The molecule has 3 rings (SSSR count). The van der Waals surface area contributed by atoms with E-state index in [0.29, 0.717) is 30.7 Å². The van der Waals surface area contributed by atoms with Crippen LogP contribution >= 0.6 is 11.3 Å². The molecule has 0 aromatic carbocycles. The third-order valence-electron chi connectivity index (χ3n) is 3.16. The van der Waals surface area contributed by atoms with E-state index in [4.69, 9.17) is 9.15 Å². The first-order valence-corrected chi connectivity index (χ1v) is 7.44. The summed E-state index contributed by atoms with van der Waals surface area (Å²) < 4.78 is 11.0. The van der Waals surface area contributed by atoms with Gasteiger partial charge in [-0.1, -0.05) is 13.8 Å². The van der Waals surface area contributed by atoms with Crippen LogP contribution in [0, 0.1) is 0 Å². The van der Waals surface area contributed by atoms with Crippen LogP contribution in [0.4, 0.5) is 0 Å². The van der Waals surface area contributed by atoms with Crippen molar-refractivity contribution in [3.05, 3.63) is 27.9 Å². The summed E-state index contributed by atoms with van der Waals surface area (Å²) in [4.78, 5) is 4.58. The van der Waals surface area contributed by atoms with Crippen molar-refractivity contribution in [2.75, 3.05) is 13.2 Å². The number of aromatic nitrogens is 3. The zero-order chi connectivity index (χ0) is 13.2. The lowest BCUT2D eigenvalue weighted by atomic mass is 10.1. The lowest BCUT2D eigenvalue weighted by molar-refractivity contribution is 0.190. The number of rotatable bonds is 4. The predicted molar refractivity (Wildman–Crippen MR) is 71.5 cm³/mol. The minimum absolute atomic E-state index is 0.267. The van der Waals surface area contributed by atoms with Crippen molar-refractivity contribution in [3.63, 3.8) is 0 Å². The van der Waals surface area contributed by atoms with Crippen molar-refractivity contribution in [1.82, 2.24) is 15.2 Å². The first-order valence-electron chi connectivity index (χ1n) is 6.56. The van der Waals surface area contributed by atoms with Gasteiger partial charge in [-0.15, -0.1) is 21.5 Å². The van der Waals surface area contributed by atoms with Crippen LogP contribution in [0.25, 0.3) is 0 Å². The van der Waals surface area contributed by atoms with Gasteiger partial charge in [-0.2, -0.15) is 0 Å². The lowest BCUT2D eigenvalue weighted by Crippen LogP contribution is -1.97. The normalized spacial score (nSPS) is 19.4. The quantitative estimate of drug-likeness (QED) is 0.861. The van der Waals surface area contributed by atoms with E-state index in [1.807, 2.05) is 0 Å². The van der Waals surface area contributed by atoms with Crippen LogP contribution in [0.5, 0.6) is 0 Å². The maximum absolute atomic E-state index is 5.70. The number of thiazole rings is 1. The molecule has 1 atom stereocenters. The summed E-state index contributed by atoms with van der Waals surface area (Å²) in [7, 11) is 0. The summed E-state index contributed by atoms with van der Waals surface area (Å²) in [5.74, 6) is 2.07. The van der Waals surface area contributed by atoms with E-state index in [9.17, 15) is 0 Å². The molecule has 1 aliphatic rings. The highest BCUT2D eigenvalue weighted by atomic mass is 32.1. The topological polar surface area (TPSA) is 61.0 Å². The SMILES string of the molecule is CC(C)c1nc(Cc2nnc([C@@H]3CCOC3)o2)cs1. The summed E-state index contributed by atoms with van der Waals surface area (Å²) in [6, 6.07) is 0. The van der Waals surface area contributed by atoms with Gasteiger partial charge in [-0.3, -0.25) is 0 Å². The highest BCUT2D eigenvalue weighted by molar-refractivity contribution is 7.09. The van der Waals surface area contributed by atoms with E-state index < -0.39 is 0 Å². The van der Waals surface area contributed by atoms with Crippen LogP contribution in [-0.4, -0.2) is 28.4 Å². The standard InChI is InChI=1S/C13H17N3O2S/c1-8(2)13-14-10(7-19-13)5-11-15-16-12(18-11)9-3-4-17-6-9/h7-9H,3-6H2,1-2H3/t9-/m1/s1. The Morgan fingerprint density at radius 3 is 3.00 bits per heavy atom. The molecule has 5 nitrogen and oxygen atoms in total. The summed E-state index contributed by atoms with van der Waals surface area (Å²) in [6.07, 6.45) is 1.58. The largest absolute Gasteiger partial charge is 0.424 e. The van der Waals surface area contributed by atoms with Crippen molar-refractivity contribution >= 4 is 11.3 Å². The molecule has 0 radical (unpaired) electrons. The van der Waals surface area contributed by atoms with Crippen LogP contribution in [0.15, 0.2) is 9.80 Å². The Balaban J connectivity index is 1.68. The van der Waals surface area contributed by atoms with E-state index in [2.05, 4.69) is 34.4 Å². The number of ether oxygens (including phenoxy) is 1. The number of nitrogens with zero attached hydrogens (tertiary/aromatic N) is 3. The lowest BCUT2D eigenvalue weighted by Gasteiger charge is -1.98. The molecule has 0 amide bonds. The first kappa shape index (κ1) is 12.7. The molecule has 6 heteroatoms. The maximum atomic E-state index is 5.70. The van der Waals surface area contributed by atoms with Crippen molar-refractivity contribution < 1.29 is 9.15 Å². The fourth-order valence-electron chi connectivity index (χ4n) is 2.06. The Morgan fingerprint density at radius 2 is 2.32 bits per heavy atom. The van der Waals surface area contributed by atoms with Gasteiger partial charge in [0.05, 0.1) is 29.6 Å². The Morgan fingerprint density at radius 1 is 1.42 bits per heavy atom. The van der Waals surface area contributed by atoms with E-state index in [1.165, 1.54) is 0 Å². The van der Waals surface area contributed by atoms with Gasteiger partial charge in [0.1, 0.15) is 0 Å². The van der Waals surface area contributed by atoms with Crippen LogP contribution in [0.3, 0.4) is 0 Å². The monoisotopic (exact) mass is 279 g/mol. The molecule has 0 aliphatic carbocycles. The van der Waals surface area contributed by atoms with Crippen LogP contribution in [-0.2, 0) is 11.2 Å². The summed E-state index contributed by atoms with van der Waals surface area (Å²) in [5, 5.41) is 11.4. The predicted octanol–water partition coefficient (Wildman–Crippen LogP) is 2.74. The molecule has 102 valence electrons. The first-order chi connectivity index (χ1) is 9.22. The molecular weight excluding hydrogens is 262 g/mol. The van der Waals surface area contributed by atoms with Crippen LogP contribution in [0.1, 0.15) is 54.6 Å². The third kappa shape index (κ3) is 2.84. The van der Waals surface area contributed by atoms with Gasteiger partial charge in [0.2, 0.25) is 11.8 Å². The van der Waals surface area contributed by atoms with Gasteiger partial charge in [-0.05, 0) is 6.42 Å². The molecule has 1 saturated heterocycles. The number of hydrogen-bond donors (Lipinski definition) is 0. The van der Waals surface area contributed by atoms with Gasteiger partial charge in [0.15, 0.2) is 0 Å². The summed E-state index contributed by atoms with van der Waals surface area (Å²) in [6.45, 7) is 5.77.